The lowest BCUT2D eigenvalue weighted by Gasteiger charge is -2.32. The van der Waals surface area contributed by atoms with E-state index in [0.717, 1.165) is 30.2 Å². The molecule has 0 saturated carbocycles. The second-order valence-electron chi connectivity index (χ2n) is 9.76. The predicted molar refractivity (Wildman–Crippen MR) is 142 cm³/mol. The monoisotopic (exact) mass is 524 g/mol. The second-order valence-corrected chi connectivity index (χ2v) is 11.4. The van der Waals surface area contributed by atoms with Crippen LogP contribution in [0.25, 0.3) is 11.3 Å². The number of piperidine rings is 1. The molecule has 1 fully saturated rings. The van der Waals surface area contributed by atoms with E-state index in [1.165, 1.54) is 12.3 Å². The lowest BCUT2D eigenvalue weighted by Crippen LogP contribution is -2.38. The van der Waals surface area contributed by atoms with Crippen LogP contribution in [0.3, 0.4) is 0 Å². The van der Waals surface area contributed by atoms with Crippen molar-refractivity contribution in [1.82, 2.24) is 14.7 Å². The standard InChI is InChI=1S/C27H32N4O5S/c1-18(2)17-36-21-8-6-20(7-9-21)23-11-10-22(25(29-23)31-15-12-19(3)13-16-31)26(32)30-37(34,35)24-5-4-14-28-27(24)33/h4-11,14,18-19H,12-13,15-17H2,1-3H3,(H,28,33)(H,30,32). The van der Waals surface area contributed by atoms with Crippen molar-refractivity contribution in [3.05, 3.63) is 70.6 Å². The van der Waals surface area contributed by atoms with Gasteiger partial charge in [-0.1, -0.05) is 20.8 Å². The Morgan fingerprint density at radius 3 is 2.49 bits per heavy atom. The Labute approximate surface area is 217 Å². The number of carbonyl (C=O) groups excluding carboxylic acids is 1. The van der Waals surface area contributed by atoms with Crippen molar-refractivity contribution in [2.24, 2.45) is 11.8 Å². The molecule has 1 aromatic carbocycles. The molecule has 1 saturated heterocycles. The Bertz CT molecular complexity index is 1410. The van der Waals surface area contributed by atoms with Crippen LogP contribution in [0.4, 0.5) is 5.82 Å². The number of carbonyl (C=O) groups is 1. The van der Waals surface area contributed by atoms with E-state index in [1.54, 1.807) is 12.1 Å². The highest BCUT2D eigenvalue weighted by Gasteiger charge is 2.27. The number of anilines is 1. The van der Waals surface area contributed by atoms with Gasteiger partial charge in [0.25, 0.3) is 21.5 Å². The predicted octanol–water partition coefficient (Wildman–Crippen LogP) is 3.83. The first-order chi connectivity index (χ1) is 17.6. The van der Waals surface area contributed by atoms with E-state index in [2.05, 4.69) is 25.8 Å². The average molecular weight is 525 g/mol. The molecule has 0 bridgehead atoms. The van der Waals surface area contributed by atoms with E-state index in [4.69, 9.17) is 9.72 Å². The number of nitrogens with one attached hydrogen (secondary N) is 2. The molecule has 0 aliphatic carbocycles. The van der Waals surface area contributed by atoms with Crippen molar-refractivity contribution in [3.63, 3.8) is 0 Å². The van der Waals surface area contributed by atoms with Gasteiger partial charge >= 0.3 is 0 Å². The SMILES string of the molecule is CC(C)COc1ccc(-c2ccc(C(=O)NS(=O)(=O)c3ccc[nH]c3=O)c(N3CCC(C)CC3)n2)cc1. The number of aromatic nitrogens is 2. The number of ether oxygens (including phenoxy) is 1. The molecule has 10 heteroatoms. The molecule has 1 amide bonds. The lowest BCUT2D eigenvalue weighted by atomic mass is 9.98. The zero-order valence-electron chi connectivity index (χ0n) is 21.2. The molecule has 1 aliphatic heterocycles. The summed E-state index contributed by atoms with van der Waals surface area (Å²) in [7, 11) is -4.38. The number of sulfonamides is 1. The number of H-pyrrole nitrogens is 1. The molecule has 2 aromatic heterocycles. The van der Waals surface area contributed by atoms with Gasteiger partial charge in [-0.05, 0) is 73.2 Å². The number of hydrogen-bond donors (Lipinski definition) is 2. The van der Waals surface area contributed by atoms with Gasteiger partial charge in [-0.2, -0.15) is 0 Å². The smallest absolute Gasteiger partial charge is 0.269 e. The van der Waals surface area contributed by atoms with Gasteiger partial charge in [0.1, 0.15) is 11.6 Å². The van der Waals surface area contributed by atoms with Gasteiger partial charge in [-0.15, -0.1) is 0 Å². The molecule has 0 unspecified atom stereocenters. The molecule has 4 rings (SSSR count). The third-order valence-corrected chi connectivity index (χ3v) is 7.59. The Balaban J connectivity index is 1.65. The van der Waals surface area contributed by atoms with Crippen molar-refractivity contribution in [2.45, 2.75) is 38.5 Å². The van der Waals surface area contributed by atoms with Crippen LogP contribution in [-0.2, 0) is 10.0 Å². The van der Waals surface area contributed by atoms with Crippen LogP contribution < -0.4 is 19.9 Å². The van der Waals surface area contributed by atoms with Crippen LogP contribution >= 0.6 is 0 Å². The van der Waals surface area contributed by atoms with Gasteiger partial charge in [0.05, 0.1) is 17.9 Å². The van der Waals surface area contributed by atoms with Crippen molar-refractivity contribution < 1.29 is 17.9 Å². The van der Waals surface area contributed by atoms with Crippen LogP contribution in [0.15, 0.2) is 64.4 Å². The Hall–Kier alpha value is -3.66. The lowest BCUT2D eigenvalue weighted by molar-refractivity contribution is 0.0981. The van der Waals surface area contributed by atoms with Crippen LogP contribution in [0.1, 0.15) is 44.0 Å². The van der Waals surface area contributed by atoms with E-state index in [9.17, 15) is 18.0 Å². The summed E-state index contributed by atoms with van der Waals surface area (Å²) in [4.78, 5) is 33.8. The van der Waals surface area contributed by atoms with Gasteiger partial charge in [0.2, 0.25) is 0 Å². The Morgan fingerprint density at radius 2 is 1.84 bits per heavy atom. The van der Waals surface area contributed by atoms with E-state index in [0.29, 0.717) is 43.0 Å². The average Bonchev–Trinajstić information content (AvgIpc) is 2.88. The molecule has 0 radical (unpaired) electrons. The molecule has 3 heterocycles. The maximum Gasteiger partial charge on any atom is 0.269 e. The summed E-state index contributed by atoms with van der Waals surface area (Å²) in [5.41, 5.74) is 0.829. The fourth-order valence-electron chi connectivity index (χ4n) is 4.08. The molecule has 37 heavy (non-hydrogen) atoms. The number of aromatic amines is 1. The minimum absolute atomic E-state index is 0.131. The Kier molecular flexibility index (Phi) is 7.97. The van der Waals surface area contributed by atoms with E-state index < -0.39 is 26.4 Å². The van der Waals surface area contributed by atoms with Crippen LogP contribution in [0.5, 0.6) is 5.75 Å². The van der Waals surface area contributed by atoms with Gasteiger partial charge in [-0.25, -0.2) is 18.1 Å². The minimum atomic E-state index is -4.38. The first kappa shape index (κ1) is 26.4. The van der Waals surface area contributed by atoms with Crippen molar-refractivity contribution in [1.29, 1.82) is 0 Å². The largest absolute Gasteiger partial charge is 0.493 e. The number of amides is 1. The minimum Gasteiger partial charge on any atom is -0.493 e. The highest BCUT2D eigenvalue weighted by Crippen LogP contribution is 2.29. The highest BCUT2D eigenvalue weighted by atomic mass is 32.2. The van der Waals surface area contributed by atoms with Gasteiger partial charge in [0, 0.05) is 24.8 Å². The molecule has 196 valence electrons. The van der Waals surface area contributed by atoms with Crippen LogP contribution in [0.2, 0.25) is 0 Å². The first-order valence-corrected chi connectivity index (χ1v) is 13.9. The molecule has 1 aliphatic rings. The molecule has 3 aromatic rings. The zero-order chi connectivity index (χ0) is 26.6. The summed E-state index contributed by atoms with van der Waals surface area (Å²) >= 11 is 0. The molecular formula is C27H32N4O5S. The molecule has 0 atom stereocenters. The van der Waals surface area contributed by atoms with Crippen LogP contribution in [-0.4, -0.2) is 44.0 Å². The van der Waals surface area contributed by atoms with Crippen molar-refractivity contribution in [2.75, 3.05) is 24.6 Å². The van der Waals surface area contributed by atoms with Crippen LogP contribution in [0, 0.1) is 11.8 Å². The molecule has 2 N–H and O–H groups in total. The maximum absolute atomic E-state index is 13.2. The van der Waals surface area contributed by atoms with Crippen molar-refractivity contribution >= 4 is 21.7 Å². The molecular weight excluding hydrogens is 492 g/mol. The second kappa shape index (κ2) is 11.2. The number of benzene rings is 1. The fourth-order valence-corrected chi connectivity index (χ4v) is 5.11. The summed E-state index contributed by atoms with van der Waals surface area (Å²) in [6.07, 6.45) is 3.20. The molecule has 9 nitrogen and oxygen atoms in total. The van der Waals surface area contributed by atoms with E-state index in [1.807, 2.05) is 33.9 Å². The summed E-state index contributed by atoms with van der Waals surface area (Å²) in [6, 6.07) is 13.4. The number of pyridine rings is 2. The summed E-state index contributed by atoms with van der Waals surface area (Å²) in [6.45, 7) is 8.37. The first-order valence-electron chi connectivity index (χ1n) is 12.4. The summed E-state index contributed by atoms with van der Waals surface area (Å²) in [5, 5.41) is 0. The van der Waals surface area contributed by atoms with Gasteiger partial charge in [-0.3, -0.25) is 9.59 Å². The fraction of sp³-hybridized carbons (Fsp3) is 0.370. The van der Waals surface area contributed by atoms with E-state index >= 15 is 0 Å². The van der Waals surface area contributed by atoms with Gasteiger partial charge in [0.15, 0.2) is 4.90 Å². The third-order valence-electron chi connectivity index (χ3n) is 6.23. The number of nitrogens with zero attached hydrogens (tertiary/aromatic N) is 2. The van der Waals surface area contributed by atoms with Crippen molar-refractivity contribution in [3.8, 4) is 17.0 Å². The van der Waals surface area contributed by atoms with E-state index in [-0.39, 0.29) is 5.56 Å². The Morgan fingerprint density at radius 1 is 1.14 bits per heavy atom. The van der Waals surface area contributed by atoms with Gasteiger partial charge < -0.3 is 14.6 Å². The maximum atomic E-state index is 13.2. The topological polar surface area (TPSA) is 121 Å². The summed E-state index contributed by atoms with van der Waals surface area (Å²) in [5.74, 6) is 1.31. The molecule has 0 spiro atoms. The zero-order valence-corrected chi connectivity index (χ0v) is 22.0. The quantitative estimate of drug-likeness (QED) is 0.459. The normalized spacial score (nSPS) is 14.5. The number of rotatable bonds is 8. The highest BCUT2D eigenvalue weighted by molar-refractivity contribution is 7.90. The third kappa shape index (κ3) is 6.37. The summed E-state index contributed by atoms with van der Waals surface area (Å²) < 4.78 is 33.4. The number of hydrogen-bond acceptors (Lipinski definition) is 7.